The molecular formula is C16H23N3O3S. The van der Waals surface area contributed by atoms with Gasteiger partial charge < -0.3 is 15.3 Å². The lowest BCUT2D eigenvalue weighted by molar-refractivity contribution is -0.140. The third-order valence-electron chi connectivity index (χ3n) is 4.94. The Morgan fingerprint density at radius 2 is 2.17 bits per heavy atom. The van der Waals surface area contributed by atoms with E-state index in [9.17, 15) is 14.7 Å². The van der Waals surface area contributed by atoms with Crippen molar-refractivity contribution in [2.45, 2.75) is 45.1 Å². The second kappa shape index (κ2) is 6.20. The molecule has 1 atom stereocenters. The molecule has 2 N–H and O–H groups in total. The predicted octanol–water partition coefficient (Wildman–Crippen LogP) is 1.37. The van der Waals surface area contributed by atoms with Gasteiger partial charge in [0, 0.05) is 24.5 Å². The number of hydrogen-bond acceptors (Lipinski definition) is 5. The number of aliphatic hydroxyl groups is 1. The van der Waals surface area contributed by atoms with Crippen LogP contribution in [0.1, 0.15) is 54.4 Å². The molecule has 1 aromatic rings. The third-order valence-corrected chi connectivity index (χ3v) is 6.07. The molecular weight excluding hydrogens is 314 g/mol. The Balaban J connectivity index is 1.70. The van der Waals surface area contributed by atoms with Crippen molar-refractivity contribution in [1.29, 1.82) is 0 Å². The topological polar surface area (TPSA) is 82.5 Å². The van der Waals surface area contributed by atoms with E-state index in [0.717, 1.165) is 4.88 Å². The van der Waals surface area contributed by atoms with Gasteiger partial charge in [-0.2, -0.15) is 0 Å². The van der Waals surface area contributed by atoms with Crippen LogP contribution in [0.4, 0.5) is 0 Å². The fraction of sp³-hybridized carbons (Fsp3) is 0.688. The molecule has 0 aliphatic carbocycles. The fourth-order valence-electron chi connectivity index (χ4n) is 3.56. The first kappa shape index (κ1) is 16.4. The summed E-state index contributed by atoms with van der Waals surface area (Å²) in [6, 6.07) is 0. The number of aliphatic hydroxyl groups excluding tert-OH is 1. The van der Waals surface area contributed by atoms with Crippen LogP contribution in [0, 0.1) is 5.41 Å². The van der Waals surface area contributed by atoms with Crippen LogP contribution >= 0.6 is 11.3 Å². The number of piperidine rings is 2. The van der Waals surface area contributed by atoms with Crippen molar-refractivity contribution in [2.75, 3.05) is 19.6 Å². The van der Waals surface area contributed by atoms with Crippen LogP contribution in [0.15, 0.2) is 5.51 Å². The van der Waals surface area contributed by atoms with Crippen LogP contribution in [-0.2, 0) is 4.79 Å². The van der Waals surface area contributed by atoms with Crippen LogP contribution in [0.2, 0.25) is 0 Å². The Kier molecular flexibility index (Phi) is 4.42. The van der Waals surface area contributed by atoms with Gasteiger partial charge >= 0.3 is 0 Å². The zero-order valence-corrected chi connectivity index (χ0v) is 14.4. The van der Waals surface area contributed by atoms with Crippen LogP contribution in [0.3, 0.4) is 0 Å². The number of aromatic nitrogens is 1. The molecule has 1 aromatic heterocycles. The van der Waals surface area contributed by atoms with Crippen molar-refractivity contribution in [3.63, 3.8) is 0 Å². The zero-order chi connectivity index (χ0) is 16.6. The van der Waals surface area contributed by atoms with Crippen molar-refractivity contribution < 1.29 is 14.7 Å². The summed E-state index contributed by atoms with van der Waals surface area (Å²) in [5.41, 5.74) is 1.75. The van der Waals surface area contributed by atoms with Crippen LogP contribution < -0.4 is 5.32 Å². The van der Waals surface area contributed by atoms with E-state index in [0.29, 0.717) is 44.6 Å². The van der Waals surface area contributed by atoms with Crippen LogP contribution in [0.25, 0.3) is 0 Å². The van der Waals surface area contributed by atoms with Gasteiger partial charge in [0.25, 0.3) is 5.91 Å². The third kappa shape index (κ3) is 2.99. The van der Waals surface area contributed by atoms with Crippen LogP contribution in [-0.4, -0.2) is 52.5 Å². The monoisotopic (exact) mass is 337 g/mol. The highest BCUT2D eigenvalue weighted by molar-refractivity contribution is 7.10. The van der Waals surface area contributed by atoms with Crippen molar-refractivity contribution in [3.8, 4) is 0 Å². The van der Waals surface area contributed by atoms with Crippen molar-refractivity contribution in [3.05, 3.63) is 16.1 Å². The van der Waals surface area contributed by atoms with Gasteiger partial charge in [0.1, 0.15) is 5.69 Å². The molecule has 3 heterocycles. The zero-order valence-electron chi connectivity index (χ0n) is 13.5. The van der Waals surface area contributed by atoms with Crippen LogP contribution in [0.5, 0.6) is 0 Å². The maximum atomic E-state index is 12.7. The molecule has 6 nitrogen and oxygen atoms in total. The summed E-state index contributed by atoms with van der Waals surface area (Å²) in [4.78, 5) is 32.0. The molecule has 2 amide bonds. The lowest BCUT2D eigenvalue weighted by Gasteiger charge is -2.44. The van der Waals surface area contributed by atoms with E-state index in [-0.39, 0.29) is 17.7 Å². The highest BCUT2D eigenvalue weighted by Crippen LogP contribution is 2.39. The first-order chi connectivity index (χ1) is 10.9. The van der Waals surface area contributed by atoms with Crippen molar-refractivity contribution >= 4 is 23.2 Å². The molecule has 23 heavy (non-hydrogen) atoms. The Labute approximate surface area is 139 Å². The molecule has 0 saturated carbocycles. The van der Waals surface area contributed by atoms with Gasteiger partial charge in [-0.05, 0) is 25.2 Å². The highest BCUT2D eigenvalue weighted by Gasteiger charge is 2.46. The summed E-state index contributed by atoms with van der Waals surface area (Å²) < 4.78 is 0. The molecule has 2 fully saturated rings. The number of carbonyl (C=O) groups excluding carboxylic acids is 2. The molecule has 2 aliphatic heterocycles. The Morgan fingerprint density at radius 1 is 1.48 bits per heavy atom. The number of thiazole rings is 1. The summed E-state index contributed by atoms with van der Waals surface area (Å²) in [7, 11) is 0. The quantitative estimate of drug-likeness (QED) is 0.854. The first-order valence-corrected chi connectivity index (χ1v) is 9.00. The number of rotatable bonds is 2. The summed E-state index contributed by atoms with van der Waals surface area (Å²) in [5, 5.41) is 12.6. The van der Waals surface area contributed by atoms with Gasteiger partial charge in [-0.15, -0.1) is 11.3 Å². The number of likely N-dealkylation sites (tertiary alicyclic amines) is 1. The second-order valence-corrected chi connectivity index (χ2v) is 7.75. The predicted molar refractivity (Wildman–Crippen MR) is 87.4 cm³/mol. The van der Waals surface area contributed by atoms with Gasteiger partial charge in [-0.25, -0.2) is 4.98 Å². The van der Waals surface area contributed by atoms with E-state index in [1.165, 1.54) is 11.3 Å². The minimum absolute atomic E-state index is 0.0198. The normalized spacial score (nSPS) is 24.1. The molecule has 126 valence electrons. The number of nitrogens with zero attached hydrogens (tertiary/aromatic N) is 2. The summed E-state index contributed by atoms with van der Waals surface area (Å²) in [5.74, 6) is 0.254. The molecule has 0 aromatic carbocycles. The number of amides is 2. The van der Waals surface area contributed by atoms with E-state index >= 15 is 0 Å². The van der Waals surface area contributed by atoms with E-state index in [1.807, 2.05) is 0 Å². The number of carbonyl (C=O) groups is 2. The fourth-order valence-corrected chi connectivity index (χ4v) is 4.35. The number of nitrogens with one attached hydrogen (secondary N) is 1. The van der Waals surface area contributed by atoms with E-state index < -0.39 is 11.5 Å². The average molecular weight is 337 g/mol. The molecule has 1 spiro atoms. The van der Waals surface area contributed by atoms with Gasteiger partial charge in [0.05, 0.1) is 17.0 Å². The summed E-state index contributed by atoms with van der Waals surface area (Å²) in [6.07, 6.45) is 1.21. The molecule has 2 saturated heterocycles. The standard InChI is InChI=1S/C16H23N3O3S/c1-10(2)13-12(18-9-23-13)14(21)19-5-3-16(4-6-19)7-11(20)8-17-15(16)22/h9-11,20H,3-8H2,1-2H3,(H,17,22). The second-order valence-electron chi connectivity index (χ2n) is 6.86. The molecule has 0 bridgehead atoms. The highest BCUT2D eigenvalue weighted by atomic mass is 32.1. The molecule has 2 aliphatic rings. The largest absolute Gasteiger partial charge is 0.391 e. The SMILES string of the molecule is CC(C)c1scnc1C(=O)N1CCC2(CC1)CC(O)CNC2=O. The Morgan fingerprint density at radius 3 is 2.83 bits per heavy atom. The van der Waals surface area contributed by atoms with Gasteiger partial charge in [-0.1, -0.05) is 13.8 Å². The molecule has 0 radical (unpaired) electrons. The lowest BCUT2D eigenvalue weighted by Crippen LogP contribution is -2.56. The van der Waals surface area contributed by atoms with E-state index in [1.54, 1.807) is 10.4 Å². The smallest absolute Gasteiger partial charge is 0.273 e. The van der Waals surface area contributed by atoms with Crippen molar-refractivity contribution in [1.82, 2.24) is 15.2 Å². The number of hydrogen-bond donors (Lipinski definition) is 2. The summed E-state index contributed by atoms with van der Waals surface area (Å²) in [6.45, 7) is 5.52. The molecule has 3 rings (SSSR count). The van der Waals surface area contributed by atoms with Gasteiger partial charge in [0.2, 0.25) is 5.91 Å². The molecule has 7 heteroatoms. The van der Waals surface area contributed by atoms with E-state index in [4.69, 9.17) is 0 Å². The Bertz CT molecular complexity index is 605. The minimum Gasteiger partial charge on any atom is -0.391 e. The molecule has 1 unspecified atom stereocenters. The number of β-amino-alcohol motifs (C(OH)–C–C–N with tert-alkyl or cyclic N) is 1. The van der Waals surface area contributed by atoms with Crippen molar-refractivity contribution in [2.24, 2.45) is 5.41 Å². The first-order valence-electron chi connectivity index (χ1n) is 8.12. The minimum atomic E-state index is -0.516. The Hall–Kier alpha value is -1.47. The maximum absolute atomic E-state index is 12.7. The van der Waals surface area contributed by atoms with Gasteiger partial charge in [0.15, 0.2) is 0 Å². The van der Waals surface area contributed by atoms with E-state index in [2.05, 4.69) is 24.1 Å². The van der Waals surface area contributed by atoms with Gasteiger partial charge in [-0.3, -0.25) is 9.59 Å². The summed E-state index contributed by atoms with van der Waals surface area (Å²) >= 11 is 1.52. The average Bonchev–Trinajstić information content (AvgIpc) is 3.01. The maximum Gasteiger partial charge on any atom is 0.273 e. The lowest BCUT2D eigenvalue weighted by atomic mass is 9.71.